The monoisotopic (exact) mass is 303 g/mol. The van der Waals surface area contributed by atoms with Crippen LogP contribution >= 0.6 is 0 Å². The third-order valence-corrected chi connectivity index (χ3v) is 3.96. The SMILES string of the molecule is COCc1c(C(=O)NN2CCN(C)CC2)oc2ccccc12. The number of fused-ring (bicyclic) bond motifs is 1. The molecule has 6 heteroatoms. The molecule has 1 fully saturated rings. The van der Waals surface area contributed by atoms with Gasteiger partial charge in [-0.3, -0.25) is 10.2 Å². The highest BCUT2D eigenvalue weighted by atomic mass is 16.5. The van der Waals surface area contributed by atoms with E-state index in [1.54, 1.807) is 7.11 Å². The minimum Gasteiger partial charge on any atom is -0.450 e. The molecule has 0 spiro atoms. The van der Waals surface area contributed by atoms with Crippen molar-refractivity contribution in [2.75, 3.05) is 40.3 Å². The van der Waals surface area contributed by atoms with Crippen molar-refractivity contribution < 1.29 is 13.9 Å². The Hall–Kier alpha value is -1.89. The summed E-state index contributed by atoms with van der Waals surface area (Å²) in [5, 5.41) is 2.86. The molecule has 6 nitrogen and oxygen atoms in total. The number of hydrogen-bond acceptors (Lipinski definition) is 5. The van der Waals surface area contributed by atoms with Crippen LogP contribution in [-0.2, 0) is 11.3 Å². The smallest absolute Gasteiger partial charge is 0.301 e. The van der Waals surface area contributed by atoms with Gasteiger partial charge in [0.1, 0.15) is 5.58 Å². The predicted molar refractivity (Wildman–Crippen MR) is 83.5 cm³/mol. The minimum absolute atomic E-state index is 0.215. The largest absolute Gasteiger partial charge is 0.450 e. The normalized spacial score (nSPS) is 17.0. The lowest BCUT2D eigenvalue weighted by Gasteiger charge is -2.32. The Balaban J connectivity index is 1.82. The lowest BCUT2D eigenvalue weighted by atomic mass is 10.1. The van der Waals surface area contributed by atoms with Gasteiger partial charge in [0.2, 0.25) is 0 Å². The molecule has 0 atom stereocenters. The molecule has 2 aromatic rings. The van der Waals surface area contributed by atoms with Gasteiger partial charge >= 0.3 is 5.91 Å². The highest BCUT2D eigenvalue weighted by Gasteiger charge is 2.23. The van der Waals surface area contributed by atoms with Crippen molar-refractivity contribution in [1.29, 1.82) is 0 Å². The van der Waals surface area contributed by atoms with Crippen LogP contribution < -0.4 is 5.43 Å². The van der Waals surface area contributed by atoms with Gasteiger partial charge in [-0.1, -0.05) is 18.2 Å². The lowest BCUT2D eigenvalue weighted by Crippen LogP contribution is -2.52. The van der Waals surface area contributed by atoms with Crippen molar-refractivity contribution in [1.82, 2.24) is 15.3 Å². The Morgan fingerprint density at radius 3 is 2.73 bits per heavy atom. The number of furan rings is 1. The number of piperazine rings is 1. The van der Waals surface area contributed by atoms with Crippen LogP contribution in [0.5, 0.6) is 0 Å². The van der Waals surface area contributed by atoms with Gasteiger partial charge in [-0.05, 0) is 13.1 Å². The number of methoxy groups -OCH3 is 1. The van der Waals surface area contributed by atoms with Gasteiger partial charge in [0, 0.05) is 44.2 Å². The average molecular weight is 303 g/mol. The van der Waals surface area contributed by atoms with Gasteiger partial charge < -0.3 is 14.1 Å². The second kappa shape index (κ2) is 6.48. The summed E-state index contributed by atoms with van der Waals surface area (Å²) in [4.78, 5) is 14.8. The molecule has 3 rings (SSSR count). The molecule has 118 valence electrons. The molecule has 0 unspecified atom stereocenters. The number of nitrogens with zero attached hydrogens (tertiary/aromatic N) is 2. The zero-order valence-corrected chi connectivity index (χ0v) is 13.0. The Morgan fingerprint density at radius 1 is 1.27 bits per heavy atom. The van der Waals surface area contributed by atoms with Gasteiger partial charge in [-0.25, -0.2) is 5.01 Å². The first-order valence-electron chi connectivity index (χ1n) is 7.43. The maximum absolute atomic E-state index is 12.5. The molecule has 0 aliphatic carbocycles. The maximum atomic E-state index is 12.5. The fourth-order valence-corrected chi connectivity index (χ4v) is 2.68. The molecule has 1 aromatic carbocycles. The quantitative estimate of drug-likeness (QED) is 0.927. The number of hydrogen-bond donors (Lipinski definition) is 1. The highest BCUT2D eigenvalue weighted by Crippen LogP contribution is 2.26. The zero-order valence-electron chi connectivity index (χ0n) is 13.0. The van der Waals surface area contributed by atoms with Crippen LogP contribution in [-0.4, -0.2) is 56.2 Å². The van der Waals surface area contributed by atoms with Gasteiger partial charge in [0.15, 0.2) is 5.76 Å². The van der Waals surface area contributed by atoms with Gasteiger partial charge in [-0.2, -0.15) is 0 Å². The third kappa shape index (κ3) is 2.99. The Morgan fingerprint density at radius 2 is 2.00 bits per heavy atom. The van der Waals surface area contributed by atoms with Crippen molar-refractivity contribution >= 4 is 16.9 Å². The van der Waals surface area contributed by atoms with Crippen LogP contribution in [0.3, 0.4) is 0 Å². The van der Waals surface area contributed by atoms with Crippen molar-refractivity contribution in [2.24, 2.45) is 0 Å². The van der Waals surface area contributed by atoms with E-state index in [2.05, 4.69) is 17.4 Å². The van der Waals surface area contributed by atoms with Crippen LogP contribution in [0.1, 0.15) is 16.1 Å². The number of nitrogens with one attached hydrogen (secondary N) is 1. The molecule has 1 N–H and O–H groups in total. The first kappa shape index (κ1) is 15.0. The molecule has 0 radical (unpaired) electrons. The first-order valence-corrected chi connectivity index (χ1v) is 7.43. The Kier molecular flexibility index (Phi) is 4.42. The maximum Gasteiger partial charge on any atom is 0.301 e. The van der Waals surface area contributed by atoms with Gasteiger partial charge in [0.05, 0.1) is 6.61 Å². The predicted octanol–water partition coefficient (Wildman–Crippen LogP) is 1.47. The molecule has 1 saturated heterocycles. The van der Waals surface area contributed by atoms with Crippen LogP contribution in [0.4, 0.5) is 0 Å². The van der Waals surface area contributed by atoms with E-state index in [0.717, 1.165) is 37.1 Å². The zero-order chi connectivity index (χ0) is 15.5. The molecule has 1 aliphatic rings. The van der Waals surface area contributed by atoms with E-state index >= 15 is 0 Å². The molecule has 2 heterocycles. The summed E-state index contributed by atoms with van der Waals surface area (Å²) in [6.45, 7) is 3.84. The molecule has 22 heavy (non-hydrogen) atoms. The van der Waals surface area contributed by atoms with Crippen LogP contribution in [0, 0.1) is 0 Å². The molecule has 1 amide bonds. The summed E-state index contributed by atoms with van der Waals surface area (Å²) in [6, 6.07) is 7.63. The number of amides is 1. The fraction of sp³-hybridized carbons (Fsp3) is 0.438. The van der Waals surface area contributed by atoms with E-state index in [0.29, 0.717) is 18.0 Å². The summed E-state index contributed by atoms with van der Waals surface area (Å²) < 4.78 is 11.0. The van der Waals surface area contributed by atoms with Crippen LogP contribution in [0.15, 0.2) is 28.7 Å². The summed E-state index contributed by atoms with van der Waals surface area (Å²) >= 11 is 0. The number of carbonyl (C=O) groups excluding carboxylic acids is 1. The molecule has 1 aromatic heterocycles. The number of ether oxygens (including phenoxy) is 1. The van der Waals surface area contributed by atoms with Gasteiger partial charge in [0.25, 0.3) is 0 Å². The number of likely N-dealkylation sites (N-methyl/N-ethyl adjacent to an activating group) is 1. The Labute approximate surface area is 129 Å². The number of carbonyl (C=O) groups is 1. The summed E-state index contributed by atoms with van der Waals surface area (Å²) in [5.41, 5.74) is 4.44. The van der Waals surface area contributed by atoms with E-state index < -0.39 is 0 Å². The minimum atomic E-state index is -0.215. The highest BCUT2D eigenvalue weighted by molar-refractivity contribution is 5.98. The number of para-hydroxylation sites is 1. The van der Waals surface area contributed by atoms with Gasteiger partial charge in [-0.15, -0.1) is 0 Å². The van der Waals surface area contributed by atoms with E-state index in [1.165, 1.54) is 0 Å². The van der Waals surface area contributed by atoms with Crippen molar-refractivity contribution in [2.45, 2.75) is 6.61 Å². The average Bonchev–Trinajstić information content (AvgIpc) is 2.89. The number of rotatable bonds is 4. The topological polar surface area (TPSA) is 58.0 Å². The van der Waals surface area contributed by atoms with E-state index in [-0.39, 0.29) is 5.91 Å². The summed E-state index contributed by atoms with van der Waals surface area (Å²) in [6.07, 6.45) is 0. The molecule has 1 aliphatic heterocycles. The third-order valence-electron chi connectivity index (χ3n) is 3.96. The van der Waals surface area contributed by atoms with Crippen LogP contribution in [0.25, 0.3) is 11.0 Å². The molecule has 0 saturated carbocycles. The molecular weight excluding hydrogens is 282 g/mol. The summed E-state index contributed by atoms with van der Waals surface area (Å²) in [7, 11) is 3.69. The lowest BCUT2D eigenvalue weighted by molar-refractivity contribution is 0.0634. The summed E-state index contributed by atoms with van der Waals surface area (Å²) in [5.74, 6) is 0.120. The standard InChI is InChI=1S/C16H21N3O3/c1-18-7-9-19(10-8-18)17-16(20)15-13(11-21-2)12-5-3-4-6-14(12)22-15/h3-6H,7-11H2,1-2H3,(H,17,20). The van der Waals surface area contributed by atoms with Crippen molar-refractivity contribution in [3.8, 4) is 0 Å². The second-order valence-electron chi connectivity index (χ2n) is 5.57. The van der Waals surface area contributed by atoms with Crippen molar-refractivity contribution in [3.05, 3.63) is 35.6 Å². The van der Waals surface area contributed by atoms with Crippen LogP contribution in [0.2, 0.25) is 0 Å². The van der Waals surface area contributed by atoms with E-state index in [4.69, 9.17) is 9.15 Å². The second-order valence-corrected chi connectivity index (χ2v) is 5.57. The fourth-order valence-electron chi connectivity index (χ4n) is 2.68. The molecule has 0 bridgehead atoms. The number of hydrazine groups is 1. The molecular formula is C16H21N3O3. The van der Waals surface area contributed by atoms with E-state index in [1.807, 2.05) is 29.3 Å². The van der Waals surface area contributed by atoms with Crippen molar-refractivity contribution in [3.63, 3.8) is 0 Å². The van der Waals surface area contributed by atoms with E-state index in [9.17, 15) is 4.79 Å². The Bertz CT molecular complexity index is 660. The number of benzene rings is 1. The first-order chi connectivity index (χ1) is 10.7.